The third kappa shape index (κ3) is 28.0. The van der Waals surface area contributed by atoms with Gasteiger partial charge in [0.1, 0.15) is 0 Å². The maximum absolute atomic E-state index is 2.58. The summed E-state index contributed by atoms with van der Waals surface area (Å²) in [5.74, 6) is 0. The molecule has 0 saturated heterocycles. The van der Waals surface area contributed by atoms with Crippen LogP contribution in [0.2, 0.25) is 0 Å². The number of unbranched alkanes of at least 4 members (excludes halogenated alkanes) is 27. The van der Waals surface area contributed by atoms with Gasteiger partial charge in [0.05, 0.1) is 0 Å². The van der Waals surface area contributed by atoms with Crippen molar-refractivity contribution in [3.8, 4) is 0 Å². The Morgan fingerprint density at radius 1 is 0.267 bits per heavy atom. The van der Waals surface area contributed by atoms with Gasteiger partial charge < -0.3 is 0 Å². The predicted molar refractivity (Wildman–Crippen MR) is 140 cm³/mol. The number of hydrogen-bond donors (Lipinski definition) is 0. The average Bonchev–Trinajstić information content (AvgIpc) is 2.76. The van der Waals surface area contributed by atoms with Crippen LogP contribution in [0.15, 0.2) is 0 Å². The van der Waals surface area contributed by atoms with E-state index < -0.39 is 0 Å². The van der Waals surface area contributed by atoms with Gasteiger partial charge in [0.15, 0.2) is 0 Å². The minimum atomic E-state index is 1.37. The second kappa shape index (κ2) is 29.0. The van der Waals surface area contributed by atoms with Gasteiger partial charge in [-0.05, 0) is 6.42 Å². The van der Waals surface area contributed by atoms with Crippen molar-refractivity contribution in [2.75, 3.05) is 0 Å². The lowest BCUT2D eigenvalue weighted by molar-refractivity contribution is 0.534. The van der Waals surface area contributed by atoms with Gasteiger partial charge in [-0.25, -0.2) is 0 Å². The summed E-state index contributed by atoms with van der Waals surface area (Å²) < 4.78 is 0. The van der Waals surface area contributed by atoms with E-state index in [0.717, 1.165) is 0 Å². The van der Waals surface area contributed by atoms with Crippen LogP contribution in [-0.4, -0.2) is 0 Å². The van der Waals surface area contributed by atoms with E-state index in [9.17, 15) is 0 Å². The van der Waals surface area contributed by atoms with E-state index in [2.05, 4.69) is 20.3 Å². The maximum atomic E-state index is 2.58. The van der Waals surface area contributed by atoms with Crippen molar-refractivity contribution in [3.63, 3.8) is 0 Å². The minimum Gasteiger partial charge on any atom is -0.0654 e. The summed E-state index contributed by atoms with van der Waals surface area (Å²) in [6.45, 7) is 4.61. The Balaban J connectivity index is 2.97. The van der Waals surface area contributed by atoms with Gasteiger partial charge in [-0.3, -0.25) is 0 Å². The molecule has 181 valence electrons. The molecule has 0 aromatic rings. The van der Waals surface area contributed by atoms with E-state index in [1.54, 1.807) is 0 Å². The van der Waals surface area contributed by atoms with Gasteiger partial charge in [0.25, 0.3) is 0 Å². The van der Waals surface area contributed by atoms with Crippen LogP contribution >= 0.6 is 0 Å². The molecular weight excluding hydrogens is 360 g/mol. The summed E-state index contributed by atoms with van der Waals surface area (Å²) in [5, 5.41) is 0. The largest absolute Gasteiger partial charge is 0.0654 e. The van der Waals surface area contributed by atoms with E-state index in [1.807, 2.05) is 0 Å². The topological polar surface area (TPSA) is 0 Å². The third-order valence-electron chi connectivity index (χ3n) is 6.77. The second-order valence-electron chi connectivity index (χ2n) is 10.00. The van der Waals surface area contributed by atoms with Crippen LogP contribution in [0.25, 0.3) is 0 Å². The van der Waals surface area contributed by atoms with Crippen LogP contribution in [0.1, 0.15) is 187 Å². The van der Waals surface area contributed by atoms with Crippen molar-refractivity contribution in [1.29, 1.82) is 0 Å². The molecule has 0 bridgehead atoms. The zero-order valence-corrected chi connectivity index (χ0v) is 21.7. The molecule has 0 atom stereocenters. The molecule has 0 saturated carbocycles. The molecule has 30 heavy (non-hydrogen) atoms. The Morgan fingerprint density at radius 2 is 0.467 bits per heavy atom. The Morgan fingerprint density at radius 3 is 0.700 bits per heavy atom. The molecule has 0 heterocycles. The lowest BCUT2D eigenvalue weighted by Crippen LogP contribution is -1.85. The molecule has 0 aliphatic rings. The van der Waals surface area contributed by atoms with Gasteiger partial charge in [0.2, 0.25) is 0 Å². The quantitative estimate of drug-likeness (QED) is 0.116. The van der Waals surface area contributed by atoms with Crippen LogP contribution < -0.4 is 0 Å². The lowest BCUT2D eigenvalue weighted by Gasteiger charge is -2.04. The second-order valence-corrected chi connectivity index (χ2v) is 10.00. The number of rotatable bonds is 27. The summed E-state index contributed by atoms with van der Waals surface area (Å²) in [5.41, 5.74) is 0. The molecule has 0 nitrogen and oxygen atoms in total. The smallest absolute Gasteiger partial charge is 0.0386 e. The zero-order chi connectivity index (χ0) is 21.8. The fourth-order valence-electron chi connectivity index (χ4n) is 4.58. The molecule has 0 aromatic carbocycles. The molecule has 0 aliphatic carbocycles. The van der Waals surface area contributed by atoms with E-state index in [4.69, 9.17) is 0 Å². The summed E-state index contributed by atoms with van der Waals surface area (Å²) >= 11 is 0. The van der Waals surface area contributed by atoms with Gasteiger partial charge >= 0.3 is 0 Å². The van der Waals surface area contributed by atoms with Crippen molar-refractivity contribution >= 4 is 0 Å². The molecule has 0 unspecified atom stereocenters. The Kier molecular flexibility index (Phi) is 29.0. The first-order chi connectivity index (χ1) is 14.9. The molecule has 0 aliphatic heterocycles. The fourth-order valence-corrected chi connectivity index (χ4v) is 4.58. The SMILES string of the molecule is CCCCCCCCCCCCCC[CH]CCCCCCCCCCCCCCC. The van der Waals surface area contributed by atoms with Crippen molar-refractivity contribution in [1.82, 2.24) is 0 Å². The Bertz CT molecular complexity index is 241. The van der Waals surface area contributed by atoms with E-state index in [-0.39, 0.29) is 0 Å². The van der Waals surface area contributed by atoms with Gasteiger partial charge in [-0.2, -0.15) is 0 Å². The van der Waals surface area contributed by atoms with E-state index in [1.165, 1.54) is 173 Å². The third-order valence-corrected chi connectivity index (χ3v) is 6.77. The number of hydrogen-bond acceptors (Lipinski definition) is 0. The molecule has 0 aromatic heterocycles. The average molecular weight is 422 g/mol. The fraction of sp³-hybridized carbons (Fsp3) is 0.967. The minimum absolute atomic E-state index is 1.37. The molecule has 1 radical (unpaired) electrons. The van der Waals surface area contributed by atoms with Crippen molar-refractivity contribution in [2.45, 2.75) is 187 Å². The van der Waals surface area contributed by atoms with Crippen molar-refractivity contribution in [3.05, 3.63) is 6.42 Å². The highest BCUT2D eigenvalue weighted by molar-refractivity contribution is 4.64. The summed E-state index contributed by atoms with van der Waals surface area (Å²) in [6.07, 6.45) is 41.9. The molecule has 0 N–H and O–H groups in total. The first kappa shape index (κ1) is 30.0. The van der Waals surface area contributed by atoms with Crippen molar-refractivity contribution < 1.29 is 0 Å². The van der Waals surface area contributed by atoms with Crippen LogP contribution in [0.3, 0.4) is 0 Å². The molecule has 0 rings (SSSR count). The molecule has 0 heteroatoms. The van der Waals surface area contributed by atoms with Crippen LogP contribution in [0, 0.1) is 6.42 Å². The maximum Gasteiger partial charge on any atom is -0.0386 e. The van der Waals surface area contributed by atoms with Gasteiger partial charge in [-0.15, -0.1) is 0 Å². The van der Waals surface area contributed by atoms with Crippen LogP contribution in [-0.2, 0) is 0 Å². The van der Waals surface area contributed by atoms with E-state index in [0.29, 0.717) is 0 Å². The van der Waals surface area contributed by atoms with Crippen LogP contribution in [0.5, 0.6) is 0 Å². The first-order valence-corrected chi connectivity index (χ1v) is 14.7. The summed E-state index contributed by atoms with van der Waals surface area (Å²) in [7, 11) is 0. The summed E-state index contributed by atoms with van der Waals surface area (Å²) in [4.78, 5) is 0. The highest BCUT2D eigenvalue weighted by atomic mass is 14.0. The van der Waals surface area contributed by atoms with Crippen molar-refractivity contribution in [2.24, 2.45) is 0 Å². The zero-order valence-electron chi connectivity index (χ0n) is 21.7. The molecular formula is C30H61. The van der Waals surface area contributed by atoms with Gasteiger partial charge in [0, 0.05) is 0 Å². The first-order valence-electron chi connectivity index (χ1n) is 14.7. The highest BCUT2D eigenvalue weighted by Gasteiger charge is 1.96. The summed E-state index contributed by atoms with van der Waals surface area (Å²) in [6, 6.07) is 0. The lowest BCUT2D eigenvalue weighted by atomic mass is 10.0. The Hall–Kier alpha value is 0. The predicted octanol–water partition coefficient (Wildman–Crippen LogP) is 11.8. The monoisotopic (exact) mass is 421 g/mol. The molecule has 0 amide bonds. The van der Waals surface area contributed by atoms with Gasteiger partial charge in [-0.1, -0.05) is 187 Å². The normalized spacial score (nSPS) is 11.4. The van der Waals surface area contributed by atoms with Crippen LogP contribution in [0.4, 0.5) is 0 Å². The molecule has 0 fully saturated rings. The van der Waals surface area contributed by atoms with E-state index >= 15 is 0 Å². The molecule has 0 spiro atoms. The standard InChI is InChI=1S/C30H61/c1-3-5-7-9-11-13-15-17-19-21-23-25-27-29-30-28-26-24-22-20-18-16-14-12-10-8-6-4-2/h29H,3-28,30H2,1-2H3. The highest BCUT2D eigenvalue weighted by Crippen LogP contribution is 2.15. The Labute approximate surface area is 193 Å².